The lowest BCUT2D eigenvalue weighted by Gasteiger charge is -2.15. The number of carbonyl (C=O) groups excluding carboxylic acids is 2. The van der Waals surface area contributed by atoms with Gasteiger partial charge in [-0.25, -0.2) is 0 Å². The number of nitro groups is 1. The van der Waals surface area contributed by atoms with E-state index < -0.39 is 35.2 Å². The number of nitrogens with zero attached hydrogens (tertiary/aromatic N) is 1. The van der Waals surface area contributed by atoms with E-state index in [0.717, 1.165) is 6.92 Å². The summed E-state index contributed by atoms with van der Waals surface area (Å²) in [6, 6.07) is 3.78. The van der Waals surface area contributed by atoms with Gasteiger partial charge in [0.05, 0.1) is 11.3 Å². The van der Waals surface area contributed by atoms with Crippen LogP contribution in [0, 0.1) is 10.1 Å². The molecule has 21 heavy (non-hydrogen) atoms. The van der Waals surface area contributed by atoms with Crippen molar-refractivity contribution in [3.05, 3.63) is 34.4 Å². The number of carboxylic acid groups (broad SMARTS) is 1. The smallest absolute Gasteiger partial charge is 0.305 e. The number of hydrogen-bond donors (Lipinski definition) is 3. The van der Waals surface area contributed by atoms with Crippen molar-refractivity contribution in [1.29, 1.82) is 0 Å². The van der Waals surface area contributed by atoms with Gasteiger partial charge >= 0.3 is 5.97 Å². The van der Waals surface area contributed by atoms with Crippen LogP contribution in [-0.4, -0.2) is 33.9 Å². The molecule has 0 heterocycles. The Morgan fingerprint density at radius 2 is 1.86 bits per heavy atom. The SMILES string of the molecule is CC(=O)N[C@@H](CC(=O)O)C(=O)Nc1ccc([N+](=O)[O-])cc1. The molecule has 0 bridgehead atoms. The summed E-state index contributed by atoms with van der Waals surface area (Å²) in [4.78, 5) is 43.4. The summed E-state index contributed by atoms with van der Waals surface area (Å²) in [7, 11) is 0. The molecule has 0 aliphatic heterocycles. The standard InChI is InChI=1S/C12H13N3O6/c1-7(16)13-10(6-11(17)18)12(19)14-8-2-4-9(5-3-8)15(20)21/h2-5,10H,6H2,1H3,(H,13,16)(H,14,19)(H,17,18)/t10-/m0/s1. The van der Waals surface area contributed by atoms with Crippen molar-refractivity contribution in [2.45, 2.75) is 19.4 Å². The highest BCUT2D eigenvalue weighted by Crippen LogP contribution is 2.15. The van der Waals surface area contributed by atoms with Gasteiger partial charge in [0.1, 0.15) is 6.04 Å². The van der Waals surface area contributed by atoms with Crippen molar-refractivity contribution in [2.24, 2.45) is 0 Å². The molecule has 0 spiro atoms. The van der Waals surface area contributed by atoms with Gasteiger partial charge in [-0.3, -0.25) is 24.5 Å². The zero-order valence-electron chi connectivity index (χ0n) is 11.0. The highest BCUT2D eigenvalue weighted by Gasteiger charge is 2.22. The molecular weight excluding hydrogens is 282 g/mol. The summed E-state index contributed by atoms with van der Waals surface area (Å²) >= 11 is 0. The molecule has 0 aliphatic carbocycles. The molecule has 0 unspecified atom stereocenters. The van der Waals surface area contributed by atoms with Crippen molar-refractivity contribution >= 4 is 29.2 Å². The second-order valence-corrected chi connectivity index (χ2v) is 4.14. The first-order valence-electron chi connectivity index (χ1n) is 5.84. The van der Waals surface area contributed by atoms with E-state index in [1.165, 1.54) is 24.3 Å². The number of carboxylic acids is 1. The van der Waals surface area contributed by atoms with Crippen LogP contribution in [0.4, 0.5) is 11.4 Å². The van der Waals surface area contributed by atoms with E-state index in [9.17, 15) is 24.5 Å². The van der Waals surface area contributed by atoms with E-state index in [4.69, 9.17) is 5.11 Å². The van der Waals surface area contributed by atoms with E-state index in [-0.39, 0.29) is 11.4 Å². The molecule has 3 N–H and O–H groups in total. The Morgan fingerprint density at radius 1 is 1.29 bits per heavy atom. The number of anilines is 1. The predicted molar refractivity (Wildman–Crippen MR) is 71.6 cm³/mol. The van der Waals surface area contributed by atoms with E-state index >= 15 is 0 Å². The summed E-state index contributed by atoms with van der Waals surface area (Å²) < 4.78 is 0. The highest BCUT2D eigenvalue weighted by atomic mass is 16.6. The third-order valence-corrected chi connectivity index (χ3v) is 2.42. The molecule has 1 aromatic carbocycles. The van der Waals surface area contributed by atoms with Crippen molar-refractivity contribution in [3.63, 3.8) is 0 Å². The molecule has 0 saturated carbocycles. The summed E-state index contributed by atoms with van der Waals surface area (Å²) in [6.45, 7) is 1.16. The van der Waals surface area contributed by atoms with Gasteiger partial charge in [0, 0.05) is 24.7 Å². The quantitative estimate of drug-likeness (QED) is 0.516. The monoisotopic (exact) mass is 295 g/mol. The number of benzene rings is 1. The van der Waals surface area contributed by atoms with E-state index in [1.807, 2.05) is 0 Å². The molecule has 0 aliphatic rings. The zero-order valence-corrected chi connectivity index (χ0v) is 11.0. The maximum Gasteiger partial charge on any atom is 0.305 e. The summed E-state index contributed by atoms with van der Waals surface area (Å²) in [6.07, 6.45) is -0.571. The number of carbonyl (C=O) groups is 3. The minimum absolute atomic E-state index is 0.142. The molecule has 0 saturated heterocycles. The Kier molecular flexibility index (Phi) is 5.35. The van der Waals surface area contributed by atoms with Gasteiger partial charge in [0.2, 0.25) is 11.8 Å². The van der Waals surface area contributed by atoms with Crippen molar-refractivity contribution in [2.75, 3.05) is 5.32 Å². The van der Waals surface area contributed by atoms with Crippen LogP contribution in [0.2, 0.25) is 0 Å². The van der Waals surface area contributed by atoms with Crippen molar-refractivity contribution in [1.82, 2.24) is 5.32 Å². The molecule has 1 atom stereocenters. The van der Waals surface area contributed by atoms with Crippen LogP contribution < -0.4 is 10.6 Å². The van der Waals surface area contributed by atoms with Gasteiger partial charge in [0.15, 0.2) is 0 Å². The van der Waals surface area contributed by atoms with Crippen molar-refractivity contribution in [3.8, 4) is 0 Å². The van der Waals surface area contributed by atoms with Gasteiger partial charge in [-0.1, -0.05) is 0 Å². The molecule has 2 amide bonds. The van der Waals surface area contributed by atoms with Gasteiger partial charge < -0.3 is 15.7 Å². The molecule has 9 heteroatoms. The Hall–Kier alpha value is -2.97. The minimum Gasteiger partial charge on any atom is -0.481 e. The Balaban J connectivity index is 2.77. The van der Waals surface area contributed by atoms with Gasteiger partial charge in [-0.2, -0.15) is 0 Å². The van der Waals surface area contributed by atoms with Crippen LogP contribution in [-0.2, 0) is 14.4 Å². The average molecular weight is 295 g/mol. The van der Waals surface area contributed by atoms with E-state index in [0.29, 0.717) is 0 Å². The summed E-state index contributed by atoms with van der Waals surface area (Å²) in [5.41, 5.74) is 0.114. The molecular formula is C12H13N3O6. The number of aliphatic carboxylic acids is 1. The third-order valence-electron chi connectivity index (χ3n) is 2.42. The predicted octanol–water partition coefficient (Wildman–Crippen LogP) is 0.513. The molecule has 1 rings (SSSR count). The van der Waals surface area contributed by atoms with Gasteiger partial charge in [0.25, 0.3) is 5.69 Å². The minimum atomic E-state index is -1.24. The maximum absolute atomic E-state index is 11.9. The van der Waals surface area contributed by atoms with Crippen LogP contribution in [0.15, 0.2) is 24.3 Å². The highest BCUT2D eigenvalue weighted by molar-refractivity contribution is 5.98. The molecule has 9 nitrogen and oxygen atoms in total. The maximum atomic E-state index is 11.9. The number of non-ortho nitro benzene ring substituents is 1. The van der Waals surface area contributed by atoms with Crippen LogP contribution in [0.1, 0.15) is 13.3 Å². The number of nitrogens with one attached hydrogen (secondary N) is 2. The zero-order chi connectivity index (χ0) is 16.0. The van der Waals surface area contributed by atoms with Crippen LogP contribution >= 0.6 is 0 Å². The first kappa shape index (κ1) is 16.1. The Labute approximate surface area is 119 Å². The fourth-order valence-corrected chi connectivity index (χ4v) is 1.53. The van der Waals surface area contributed by atoms with Gasteiger partial charge in [-0.05, 0) is 12.1 Å². The fraction of sp³-hybridized carbons (Fsp3) is 0.250. The number of hydrogen-bond acceptors (Lipinski definition) is 5. The lowest BCUT2D eigenvalue weighted by Crippen LogP contribution is -2.44. The first-order valence-corrected chi connectivity index (χ1v) is 5.84. The molecule has 0 fully saturated rings. The largest absolute Gasteiger partial charge is 0.481 e. The normalized spacial score (nSPS) is 11.3. The Morgan fingerprint density at radius 3 is 2.29 bits per heavy atom. The second-order valence-electron chi connectivity index (χ2n) is 4.14. The molecule has 1 aromatic rings. The van der Waals surface area contributed by atoms with Crippen LogP contribution in [0.25, 0.3) is 0 Å². The lowest BCUT2D eigenvalue weighted by atomic mass is 10.2. The average Bonchev–Trinajstić information content (AvgIpc) is 2.37. The fourth-order valence-electron chi connectivity index (χ4n) is 1.53. The Bertz CT molecular complexity index is 553. The van der Waals surface area contributed by atoms with Crippen molar-refractivity contribution < 1.29 is 24.4 Å². The summed E-state index contributed by atoms with van der Waals surface area (Å²) in [5.74, 6) is -2.51. The molecule has 0 radical (unpaired) electrons. The summed E-state index contributed by atoms with van der Waals surface area (Å²) in [5, 5.41) is 23.8. The number of nitro benzene ring substituents is 1. The molecule has 112 valence electrons. The van der Waals surface area contributed by atoms with E-state index in [2.05, 4.69) is 10.6 Å². The van der Waals surface area contributed by atoms with Crippen LogP contribution in [0.3, 0.4) is 0 Å². The number of amides is 2. The third kappa shape index (κ3) is 5.27. The first-order chi connectivity index (χ1) is 9.79. The van der Waals surface area contributed by atoms with E-state index in [1.54, 1.807) is 0 Å². The lowest BCUT2D eigenvalue weighted by molar-refractivity contribution is -0.384. The topological polar surface area (TPSA) is 139 Å². The number of rotatable bonds is 6. The van der Waals surface area contributed by atoms with Crippen LogP contribution in [0.5, 0.6) is 0 Å². The molecule has 0 aromatic heterocycles. The van der Waals surface area contributed by atoms with Gasteiger partial charge in [-0.15, -0.1) is 0 Å². The second kappa shape index (κ2) is 6.98.